The van der Waals surface area contributed by atoms with Crippen LogP contribution >= 0.6 is 0 Å². The molecule has 1 nitrogen and oxygen atoms in total. The number of ether oxygens (including phenoxy) is 1. The zero-order chi connectivity index (χ0) is 13.5. The van der Waals surface area contributed by atoms with Crippen molar-refractivity contribution in [3.8, 4) is 5.75 Å². The van der Waals surface area contributed by atoms with Crippen molar-refractivity contribution < 1.29 is 4.74 Å². The van der Waals surface area contributed by atoms with Gasteiger partial charge in [0, 0.05) is 5.56 Å². The van der Waals surface area contributed by atoms with Gasteiger partial charge in [-0.05, 0) is 36.1 Å². The number of fused-ring (bicyclic) bond motifs is 1. The summed E-state index contributed by atoms with van der Waals surface area (Å²) in [7, 11) is 0. The minimum Gasteiger partial charge on any atom is -0.493 e. The molecule has 0 aromatic heterocycles. The van der Waals surface area contributed by atoms with Crippen LogP contribution in [-0.2, 0) is 0 Å². The molecule has 0 unspecified atom stereocenters. The molecule has 100 valence electrons. The molecule has 2 rings (SSSR count). The Balaban J connectivity index is 2.32. The van der Waals surface area contributed by atoms with Gasteiger partial charge in [-0.3, -0.25) is 0 Å². The van der Waals surface area contributed by atoms with E-state index in [0.717, 1.165) is 38.0 Å². The predicted octanol–water partition coefficient (Wildman–Crippen LogP) is 5.19. The molecule has 2 radical (unpaired) electrons. The summed E-state index contributed by atoms with van der Waals surface area (Å²) in [6.45, 7) is 6.89. The highest BCUT2D eigenvalue weighted by molar-refractivity contribution is 5.89. The Bertz CT molecular complexity index is 516. The number of hydrogen-bond donors (Lipinski definition) is 0. The maximum absolute atomic E-state index is 5.93. The van der Waals surface area contributed by atoms with E-state index in [-0.39, 0.29) is 0 Å². The van der Waals surface area contributed by atoms with Crippen molar-refractivity contribution in [2.24, 2.45) is 0 Å². The van der Waals surface area contributed by atoms with Gasteiger partial charge in [0.05, 0.1) is 6.61 Å². The molecule has 0 heterocycles. The lowest BCUT2D eigenvalue weighted by Crippen LogP contribution is -2.00. The van der Waals surface area contributed by atoms with Gasteiger partial charge in [0.15, 0.2) is 0 Å². The van der Waals surface area contributed by atoms with Crippen LogP contribution in [0.15, 0.2) is 36.4 Å². The van der Waals surface area contributed by atoms with E-state index in [1.807, 2.05) is 0 Å². The largest absolute Gasteiger partial charge is 0.493 e. The first-order chi connectivity index (χ1) is 9.36. The van der Waals surface area contributed by atoms with Crippen LogP contribution in [0.1, 0.15) is 38.2 Å². The highest BCUT2D eigenvalue weighted by atomic mass is 16.5. The lowest BCUT2D eigenvalue weighted by atomic mass is 9.99. The average Bonchev–Trinajstić information content (AvgIpc) is 2.46. The van der Waals surface area contributed by atoms with Gasteiger partial charge in [0.25, 0.3) is 0 Å². The fourth-order valence-corrected chi connectivity index (χ4v) is 2.18. The fraction of sp³-hybridized carbons (Fsp3) is 0.333. The molecular formula is C18H22O. The quantitative estimate of drug-likeness (QED) is 0.618. The highest BCUT2D eigenvalue weighted by Crippen LogP contribution is 2.30. The summed E-state index contributed by atoms with van der Waals surface area (Å²) in [6, 6.07) is 12.7. The van der Waals surface area contributed by atoms with Crippen LogP contribution < -0.4 is 4.74 Å². The molecule has 0 aliphatic carbocycles. The first kappa shape index (κ1) is 13.9. The van der Waals surface area contributed by atoms with E-state index in [1.165, 1.54) is 16.3 Å². The van der Waals surface area contributed by atoms with Crippen molar-refractivity contribution in [3.63, 3.8) is 0 Å². The first-order valence-corrected chi connectivity index (χ1v) is 7.13. The molecule has 0 saturated carbocycles. The van der Waals surface area contributed by atoms with Crippen LogP contribution in [0.4, 0.5) is 0 Å². The lowest BCUT2D eigenvalue weighted by Gasteiger charge is -2.14. The maximum Gasteiger partial charge on any atom is 0.123 e. The fourth-order valence-electron chi connectivity index (χ4n) is 2.18. The third kappa shape index (κ3) is 3.50. The summed E-state index contributed by atoms with van der Waals surface area (Å²) < 4.78 is 5.93. The molecule has 0 amide bonds. The van der Waals surface area contributed by atoms with Gasteiger partial charge < -0.3 is 4.74 Å². The Morgan fingerprint density at radius 3 is 2.79 bits per heavy atom. The first-order valence-electron chi connectivity index (χ1n) is 7.13. The topological polar surface area (TPSA) is 9.23 Å². The van der Waals surface area contributed by atoms with Crippen LogP contribution in [0.5, 0.6) is 5.75 Å². The Hall–Kier alpha value is -1.50. The summed E-state index contributed by atoms with van der Waals surface area (Å²) in [4.78, 5) is 0. The smallest absolute Gasteiger partial charge is 0.123 e. The minimum absolute atomic E-state index is 0.792. The summed E-state index contributed by atoms with van der Waals surface area (Å²) in [5.41, 5.74) is 1.22. The van der Waals surface area contributed by atoms with Crippen molar-refractivity contribution in [1.82, 2.24) is 0 Å². The summed E-state index contributed by atoms with van der Waals surface area (Å²) in [5, 5.41) is 2.53. The normalized spacial score (nSPS) is 10.8. The van der Waals surface area contributed by atoms with Crippen LogP contribution in [0.25, 0.3) is 10.8 Å². The van der Waals surface area contributed by atoms with Crippen molar-refractivity contribution in [1.29, 1.82) is 0 Å². The monoisotopic (exact) mass is 254 g/mol. The van der Waals surface area contributed by atoms with Gasteiger partial charge in [0.1, 0.15) is 5.75 Å². The zero-order valence-electron chi connectivity index (χ0n) is 11.7. The van der Waals surface area contributed by atoms with E-state index in [9.17, 15) is 0 Å². The molecule has 0 bridgehead atoms. The predicted molar refractivity (Wildman–Crippen MR) is 82.3 cm³/mol. The standard InChI is InChI=1S/C18H22O/c1-3-5-10-17-16-11-8-7-9-15(16)12-13-18(17)19-14-6-4-2/h7-13H,1,3-6,14H2,2H3. The van der Waals surface area contributed by atoms with Crippen molar-refractivity contribution >= 4 is 10.8 Å². The third-order valence-corrected chi connectivity index (χ3v) is 3.24. The average molecular weight is 254 g/mol. The van der Waals surface area contributed by atoms with Gasteiger partial charge >= 0.3 is 0 Å². The molecule has 0 spiro atoms. The van der Waals surface area contributed by atoms with Crippen molar-refractivity contribution in [3.05, 3.63) is 55.3 Å². The second-order valence-electron chi connectivity index (χ2n) is 4.75. The number of rotatable bonds is 7. The van der Waals surface area contributed by atoms with E-state index < -0.39 is 0 Å². The van der Waals surface area contributed by atoms with Gasteiger partial charge in [0.2, 0.25) is 0 Å². The second kappa shape index (κ2) is 7.18. The number of unbranched alkanes of at least 4 members (excludes halogenated alkanes) is 2. The molecular weight excluding hydrogens is 232 g/mol. The Labute approximate surface area is 116 Å². The lowest BCUT2D eigenvalue weighted by molar-refractivity contribution is 0.308. The summed E-state index contributed by atoms with van der Waals surface area (Å²) >= 11 is 0. The zero-order valence-corrected chi connectivity index (χ0v) is 11.7. The van der Waals surface area contributed by atoms with Crippen molar-refractivity contribution in [2.45, 2.75) is 32.6 Å². The molecule has 0 N–H and O–H groups in total. The maximum atomic E-state index is 5.93. The molecule has 2 aromatic rings. The van der Waals surface area contributed by atoms with E-state index >= 15 is 0 Å². The molecule has 1 heteroatoms. The number of benzene rings is 2. The molecule has 0 atom stereocenters. The molecule has 2 aromatic carbocycles. The van der Waals surface area contributed by atoms with Gasteiger partial charge in [-0.1, -0.05) is 57.0 Å². The van der Waals surface area contributed by atoms with Crippen LogP contribution in [-0.4, -0.2) is 6.61 Å². The van der Waals surface area contributed by atoms with E-state index in [2.05, 4.69) is 56.7 Å². The third-order valence-electron chi connectivity index (χ3n) is 3.24. The van der Waals surface area contributed by atoms with E-state index in [0.29, 0.717) is 0 Å². The molecule has 0 aliphatic heterocycles. The molecule has 19 heavy (non-hydrogen) atoms. The van der Waals surface area contributed by atoms with E-state index in [4.69, 9.17) is 4.74 Å². The summed E-state index contributed by atoms with van der Waals surface area (Å²) in [6.07, 6.45) is 6.40. The molecule has 0 saturated heterocycles. The van der Waals surface area contributed by atoms with Gasteiger partial charge in [-0.2, -0.15) is 0 Å². The van der Waals surface area contributed by atoms with E-state index in [1.54, 1.807) is 0 Å². The SMILES string of the molecule is [CH2]CC[CH]c1c(OCCCC)ccc2ccccc12. The highest BCUT2D eigenvalue weighted by Gasteiger charge is 2.08. The molecule has 0 fully saturated rings. The van der Waals surface area contributed by atoms with Crippen LogP contribution in [0, 0.1) is 13.3 Å². The number of hydrogen-bond acceptors (Lipinski definition) is 1. The second-order valence-corrected chi connectivity index (χ2v) is 4.75. The van der Waals surface area contributed by atoms with Crippen molar-refractivity contribution in [2.75, 3.05) is 6.61 Å². The van der Waals surface area contributed by atoms with Gasteiger partial charge in [-0.15, -0.1) is 0 Å². The Kier molecular flexibility index (Phi) is 5.26. The Morgan fingerprint density at radius 2 is 2.00 bits per heavy atom. The van der Waals surface area contributed by atoms with Crippen LogP contribution in [0.3, 0.4) is 0 Å². The minimum atomic E-state index is 0.792. The molecule has 0 aliphatic rings. The van der Waals surface area contributed by atoms with Crippen LogP contribution in [0.2, 0.25) is 0 Å². The Morgan fingerprint density at radius 1 is 1.16 bits per heavy atom. The van der Waals surface area contributed by atoms with Gasteiger partial charge in [-0.25, -0.2) is 0 Å². The summed E-state index contributed by atoms with van der Waals surface area (Å²) in [5.74, 6) is 1.00.